The minimum atomic E-state index is -0.668. The van der Waals surface area contributed by atoms with Crippen molar-refractivity contribution in [3.8, 4) is 6.07 Å². The molecule has 1 aromatic carbocycles. The molecule has 1 aromatic heterocycles. The van der Waals surface area contributed by atoms with Crippen LogP contribution in [0.25, 0.3) is 0 Å². The van der Waals surface area contributed by atoms with Gasteiger partial charge in [0.1, 0.15) is 5.54 Å². The highest BCUT2D eigenvalue weighted by Gasteiger charge is 2.33. The van der Waals surface area contributed by atoms with E-state index in [4.69, 9.17) is 0 Å². The number of amides is 1. The third-order valence-electron chi connectivity index (χ3n) is 4.44. The standard InChI is InChI=1S/C19H21N3OS/c20-14-19(9-5-2-6-10-19)22-17(23)12-16-13-24-18(21-16)11-15-7-3-1-4-8-15/h1,3-4,7-8,13H,2,5-6,9-12H2,(H,22,23). The lowest BCUT2D eigenvalue weighted by Gasteiger charge is -2.31. The summed E-state index contributed by atoms with van der Waals surface area (Å²) in [5, 5.41) is 15.4. The van der Waals surface area contributed by atoms with Crippen LogP contribution in [0.2, 0.25) is 0 Å². The molecule has 3 rings (SSSR count). The van der Waals surface area contributed by atoms with Crippen molar-refractivity contribution in [2.45, 2.75) is 50.5 Å². The Morgan fingerprint density at radius 2 is 2.00 bits per heavy atom. The largest absolute Gasteiger partial charge is 0.337 e. The maximum Gasteiger partial charge on any atom is 0.227 e. The van der Waals surface area contributed by atoms with Gasteiger partial charge in [-0.1, -0.05) is 49.6 Å². The summed E-state index contributed by atoms with van der Waals surface area (Å²) in [5.74, 6) is -0.102. The van der Waals surface area contributed by atoms with E-state index in [9.17, 15) is 10.1 Å². The van der Waals surface area contributed by atoms with Crippen LogP contribution in [0.15, 0.2) is 35.7 Å². The van der Waals surface area contributed by atoms with Gasteiger partial charge in [0.05, 0.1) is 23.2 Å². The Kier molecular flexibility index (Phi) is 5.27. The SMILES string of the molecule is N#CC1(NC(=O)Cc2csc(Cc3ccccc3)n2)CCCCC1. The van der Waals surface area contributed by atoms with Crippen LogP contribution in [0.5, 0.6) is 0 Å². The van der Waals surface area contributed by atoms with Gasteiger partial charge in [-0.3, -0.25) is 4.79 Å². The van der Waals surface area contributed by atoms with Gasteiger partial charge in [0, 0.05) is 11.8 Å². The zero-order valence-electron chi connectivity index (χ0n) is 13.6. The molecular formula is C19H21N3OS. The molecule has 1 amide bonds. The van der Waals surface area contributed by atoms with Gasteiger partial charge < -0.3 is 5.32 Å². The summed E-state index contributed by atoms with van der Waals surface area (Å²) in [6, 6.07) is 12.5. The van der Waals surface area contributed by atoms with E-state index >= 15 is 0 Å². The summed E-state index contributed by atoms with van der Waals surface area (Å²) < 4.78 is 0. The van der Waals surface area contributed by atoms with Gasteiger partial charge in [0.25, 0.3) is 0 Å². The van der Waals surface area contributed by atoms with Crippen molar-refractivity contribution < 1.29 is 4.79 Å². The Balaban J connectivity index is 1.58. The first-order chi connectivity index (χ1) is 11.7. The fraction of sp³-hybridized carbons (Fsp3) is 0.421. The Morgan fingerprint density at radius 3 is 2.71 bits per heavy atom. The monoisotopic (exact) mass is 339 g/mol. The van der Waals surface area contributed by atoms with Crippen LogP contribution in [0.1, 0.15) is 48.4 Å². The molecule has 5 heteroatoms. The number of thiazole rings is 1. The molecule has 0 atom stereocenters. The van der Waals surface area contributed by atoms with E-state index in [2.05, 4.69) is 28.5 Å². The normalized spacial score (nSPS) is 16.3. The van der Waals surface area contributed by atoms with Crippen LogP contribution in [0.4, 0.5) is 0 Å². The van der Waals surface area contributed by atoms with Gasteiger partial charge >= 0.3 is 0 Å². The molecule has 0 aliphatic heterocycles. The van der Waals surface area contributed by atoms with Gasteiger partial charge in [0.15, 0.2) is 0 Å². The Bertz CT molecular complexity index is 727. The van der Waals surface area contributed by atoms with Crippen LogP contribution in [0.3, 0.4) is 0 Å². The molecule has 1 fully saturated rings. The van der Waals surface area contributed by atoms with Crippen LogP contribution < -0.4 is 5.32 Å². The third-order valence-corrected chi connectivity index (χ3v) is 5.34. The number of nitrogens with zero attached hydrogens (tertiary/aromatic N) is 2. The first-order valence-electron chi connectivity index (χ1n) is 8.39. The molecule has 0 saturated heterocycles. The van der Waals surface area contributed by atoms with E-state index in [1.807, 2.05) is 23.6 Å². The molecule has 2 aromatic rings. The fourth-order valence-electron chi connectivity index (χ4n) is 3.18. The molecule has 0 spiro atoms. The van der Waals surface area contributed by atoms with E-state index in [0.29, 0.717) is 0 Å². The third kappa shape index (κ3) is 4.21. The second-order valence-electron chi connectivity index (χ2n) is 6.37. The van der Waals surface area contributed by atoms with Gasteiger partial charge in [-0.05, 0) is 18.4 Å². The predicted molar refractivity (Wildman–Crippen MR) is 94.6 cm³/mol. The zero-order valence-corrected chi connectivity index (χ0v) is 14.4. The second kappa shape index (κ2) is 7.59. The van der Waals surface area contributed by atoms with Crippen molar-refractivity contribution in [3.05, 3.63) is 52.0 Å². The fourth-order valence-corrected chi connectivity index (χ4v) is 4.01. The maximum absolute atomic E-state index is 12.3. The highest BCUT2D eigenvalue weighted by Crippen LogP contribution is 2.27. The van der Waals surface area contributed by atoms with Gasteiger partial charge in [-0.25, -0.2) is 4.98 Å². The summed E-state index contributed by atoms with van der Waals surface area (Å²) in [6.07, 6.45) is 5.70. The van der Waals surface area contributed by atoms with E-state index in [1.54, 1.807) is 11.3 Å². The Labute approximate surface area is 146 Å². The topological polar surface area (TPSA) is 65.8 Å². The highest BCUT2D eigenvalue weighted by atomic mass is 32.1. The molecule has 1 heterocycles. The first-order valence-corrected chi connectivity index (χ1v) is 9.27. The number of carbonyl (C=O) groups is 1. The van der Waals surface area contributed by atoms with Gasteiger partial charge in [-0.15, -0.1) is 11.3 Å². The lowest BCUT2D eigenvalue weighted by molar-refractivity contribution is -0.122. The van der Waals surface area contributed by atoms with Gasteiger partial charge in [-0.2, -0.15) is 5.26 Å². The lowest BCUT2D eigenvalue weighted by Crippen LogP contribution is -2.49. The van der Waals surface area contributed by atoms with Crippen molar-refractivity contribution in [1.82, 2.24) is 10.3 Å². The lowest BCUT2D eigenvalue weighted by atomic mass is 9.83. The van der Waals surface area contributed by atoms with Crippen LogP contribution >= 0.6 is 11.3 Å². The molecule has 0 unspecified atom stereocenters. The first kappa shape index (κ1) is 16.7. The van der Waals surface area contributed by atoms with E-state index < -0.39 is 5.54 Å². The summed E-state index contributed by atoms with van der Waals surface area (Å²) >= 11 is 1.58. The van der Waals surface area contributed by atoms with Crippen LogP contribution in [0, 0.1) is 11.3 Å². The number of nitrogens with one attached hydrogen (secondary N) is 1. The molecule has 4 nitrogen and oxygen atoms in total. The van der Waals surface area contributed by atoms with Crippen molar-refractivity contribution >= 4 is 17.2 Å². The number of nitriles is 1. The maximum atomic E-state index is 12.3. The number of hydrogen-bond donors (Lipinski definition) is 1. The molecule has 1 aliphatic carbocycles. The predicted octanol–water partition coefficient (Wildman–Crippen LogP) is 3.62. The molecule has 124 valence electrons. The Hall–Kier alpha value is -2.19. The minimum absolute atomic E-state index is 0.102. The average Bonchev–Trinajstić information content (AvgIpc) is 3.03. The quantitative estimate of drug-likeness (QED) is 0.905. The van der Waals surface area contributed by atoms with E-state index in [0.717, 1.165) is 49.2 Å². The summed E-state index contributed by atoms with van der Waals surface area (Å²) in [4.78, 5) is 16.9. The number of benzene rings is 1. The molecule has 24 heavy (non-hydrogen) atoms. The summed E-state index contributed by atoms with van der Waals surface area (Å²) in [6.45, 7) is 0. The number of hydrogen-bond acceptors (Lipinski definition) is 4. The summed E-state index contributed by atoms with van der Waals surface area (Å²) in [5.41, 5.74) is 1.33. The second-order valence-corrected chi connectivity index (χ2v) is 7.32. The van der Waals surface area contributed by atoms with Crippen molar-refractivity contribution in [3.63, 3.8) is 0 Å². The zero-order chi connectivity index (χ0) is 16.8. The van der Waals surface area contributed by atoms with E-state index in [1.165, 1.54) is 5.56 Å². The van der Waals surface area contributed by atoms with Gasteiger partial charge in [0.2, 0.25) is 5.91 Å². The average molecular weight is 339 g/mol. The minimum Gasteiger partial charge on any atom is -0.337 e. The molecule has 1 saturated carbocycles. The number of rotatable bonds is 5. The smallest absolute Gasteiger partial charge is 0.227 e. The molecular weight excluding hydrogens is 318 g/mol. The number of aromatic nitrogens is 1. The van der Waals surface area contributed by atoms with Crippen molar-refractivity contribution in [2.75, 3.05) is 0 Å². The molecule has 1 aliphatic rings. The summed E-state index contributed by atoms with van der Waals surface area (Å²) in [7, 11) is 0. The molecule has 0 bridgehead atoms. The number of carbonyl (C=O) groups excluding carboxylic acids is 1. The van der Waals surface area contributed by atoms with Crippen molar-refractivity contribution in [2.24, 2.45) is 0 Å². The molecule has 0 radical (unpaired) electrons. The van der Waals surface area contributed by atoms with E-state index in [-0.39, 0.29) is 12.3 Å². The van der Waals surface area contributed by atoms with Crippen LogP contribution in [-0.4, -0.2) is 16.4 Å². The molecule has 1 N–H and O–H groups in total. The van der Waals surface area contributed by atoms with Crippen molar-refractivity contribution in [1.29, 1.82) is 5.26 Å². The highest BCUT2D eigenvalue weighted by molar-refractivity contribution is 7.09. The Morgan fingerprint density at radius 1 is 1.25 bits per heavy atom. The van der Waals surface area contributed by atoms with Crippen LogP contribution in [-0.2, 0) is 17.6 Å².